The van der Waals surface area contributed by atoms with Crippen molar-refractivity contribution in [2.75, 3.05) is 7.11 Å². The lowest BCUT2D eigenvalue weighted by molar-refractivity contribution is -0.0503. The first kappa shape index (κ1) is 19.8. The maximum absolute atomic E-state index is 13.1. The minimum absolute atomic E-state index is 0.0554. The number of rotatable bonds is 4. The molecule has 0 aliphatic heterocycles. The van der Waals surface area contributed by atoms with Crippen LogP contribution in [0.1, 0.15) is 70.9 Å². The van der Waals surface area contributed by atoms with E-state index in [0.717, 1.165) is 24.8 Å². The second-order valence-corrected chi connectivity index (χ2v) is 8.68. The number of Topliss-reactive ketones (excluding diaryl/α,β-unsaturated/α-hetero) is 1. The van der Waals surface area contributed by atoms with E-state index in [1.165, 1.54) is 12.7 Å². The van der Waals surface area contributed by atoms with Crippen LogP contribution >= 0.6 is 0 Å². The highest BCUT2D eigenvalue weighted by molar-refractivity contribution is 6.02. The van der Waals surface area contributed by atoms with Crippen molar-refractivity contribution < 1.29 is 19.4 Å². The summed E-state index contributed by atoms with van der Waals surface area (Å²) in [7, 11) is 1.35. The third-order valence-electron chi connectivity index (χ3n) is 7.17. The Hall–Kier alpha value is -2.46. The molecule has 1 saturated carbocycles. The van der Waals surface area contributed by atoms with E-state index >= 15 is 0 Å². The summed E-state index contributed by atoms with van der Waals surface area (Å²) in [5.41, 5.74) is 2.40. The van der Waals surface area contributed by atoms with E-state index in [-0.39, 0.29) is 17.1 Å². The summed E-state index contributed by atoms with van der Waals surface area (Å²) in [5.74, 6) is -0.283. The molecule has 152 valence electrons. The van der Waals surface area contributed by atoms with Gasteiger partial charge in [-0.25, -0.2) is 4.79 Å². The van der Waals surface area contributed by atoms with E-state index in [4.69, 9.17) is 4.74 Å². The van der Waals surface area contributed by atoms with Gasteiger partial charge in [0.25, 0.3) is 0 Å². The maximum Gasteiger partial charge on any atom is 0.337 e. The summed E-state index contributed by atoms with van der Waals surface area (Å²) in [6, 6.07) is 15.8. The van der Waals surface area contributed by atoms with E-state index in [0.29, 0.717) is 30.4 Å². The first-order valence-electron chi connectivity index (χ1n) is 10.4. The molecule has 2 aromatic rings. The highest BCUT2D eigenvalue weighted by atomic mass is 16.5. The molecule has 2 aromatic carbocycles. The van der Waals surface area contributed by atoms with Crippen molar-refractivity contribution in [2.24, 2.45) is 5.92 Å². The number of ether oxygens (including phenoxy) is 1. The van der Waals surface area contributed by atoms with Crippen molar-refractivity contribution in [3.63, 3.8) is 0 Å². The Bertz CT molecular complexity index is 935. The molecular weight excluding hydrogens is 364 g/mol. The average Bonchev–Trinajstić information content (AvgIpc) is 2.75. The topological polar surface area (TPSA) is 63.6 Å². The van der Waals surface area contributed by atoms with Gasteiger partial charge in [-0.2, -0.15) is 0 Å². The molecular formula is C25H28O4. The van der Waals surface area contributed by atoms with Gasteiger partial charge in [-0.3, -0.25) is 4.79 Å². The molecule has 1 unspecified atom stereocenters. The standard InChI is InChI=1S/C25H28O4/c1-3-24(28)11-12-25(15-17-7-5-4-6-8-17)19(16-24)14-22(26)20-13-18(23(27)29-2)9-10-21(20)25/h4-10,13,19,28H,3,11-12,14-16H2,1-2H3/t19-,24+,25?/m0/s1. The fraction of sp³-hybridized carbons (Fsp3) is 0.440. The molecule has 2 aliphatic carbocycles. The van der Waals surface area contributed by atoms with Crippen molar-refractivity contribution in [1.82, 2.24) is 0 Å². The Morgan fingerprint density at radius 2 is 1.93 bits per heavy atom. The molecule has 0 amide bonds. The van der Waals surface area contributed by atoms with Gasteiger partial charge < -0.3 is 9.84 Å². The number of hydrogen-bond acceptors (Lipinski definition) is 4. The van der Waals surface area contributed by atoms with Gasteiger partial charge in [-0.05, 0) is 61.3 Å². The Morgan fingerprint density at radius 3 is 2.62 bits per heavy atom. The van der Waals surface area contributed by atoms with Crippen molar-refractivity contribution in [3.05, 3.63) is 70.8 Å². The summed E-state index contributed by atoms with van der Waals surface area (Å²) >= 11 is 0. The molecule has 0 spiro atoms. The van der Waals surface area contributed by atoms with Gasteiger partial charge in [0.15, 0.2) is 5.78 Å². The number of aliphatic hydroxyl groups is 1. The molecule has 0 saturated heterocycles. The fourth-order valence-corrected chi connectivity index (χ4v) is 5.43. The van der Waals surface area contributed by atoms with Crippen LogP contribution in [0, 0.1) is 5.92 Å². The lowest BCUT2D eigenvalue weighted by Gasteiger charge is -2.53. The molecule has 1 N–H and O–H groups in total. The number of ketones is 1. The molecule has 0 aromatic heterocycles. The van der Waals surface area contributed by atoms with Gasteiger partial charge in [-0.1, -0.05) is 43.3 Å². The normalized spacial score (nSPS) is 28.4. The van der Waals surface area contributed by atoms with E-state index in [9.17, 15) is 14.7 Å². The second kappa shape index (κ2) is 7.42. The third kappa shape index (κ3) is 3.40. The number of fused-ring (bicyclic) bond motifs is 3. The summed E-state index contributed by atoms with van der Waals surface area (Å²) < 4.78 is 4.85. The van der Waals surface area contributed by atoms with Gasteiger partial charge in [0.05, 0.1) is 18.3 Å². The minimum atomic E-state index is -0.700. The molecule has 1 fully saturated rings. The molecule has 0 heterocycles. The first-order chi connectivity index (χ1) is 13.9. The zero-order chi connectivity index (χ0) is 20.6. The smallest absolute Gasteiger partial charge is 0.337 e. The highest BCUT2D eigenvalue weighted by Gasteiger charge is 2.52. The fourth-order valence-electron chi connectivity index (χ4n) is 5.43. The van der Waals surface area contributed by atoms with Crippen LogP contribution in [0.5, 0.6) is 0 Å². The van der Waals surface area contributed by atoms with Crippen LogP contribution < -0.4 is 0 Å². The summed E-state index contributed by atoms with van der Waals surface area (Å²) in [6.45, 7) is 2.02. The van der Waals surface area contributed by atoms with Crippen molar-refractivity contribution >= 4 is 11.8 Å². The van der Waals surface area contributed by atoms with Crippen LogP contribution in [0.2, 0.25) is 0 Å². The maximum atomic E-state index is 13.1. The SMILES string of the molecule is CC[C@@]1(O)CCC2(Cc3ccccc3)c3ccc(C(=O)OC)cc3C(=O)C[C@H]2C1. The Kier molecular flexibility index (Phi) is 5.07. The van der Waals surface area contributed by atoms with Crippen LogP contribution in [0.3, 0.4) is 0 Å². The Labute approximate surface area is 171 Å². The first-order valence-corrected chi connectivity index (χ1v) is 10.4. The molecule has 4 nitrogen and oxygen atoms in total. The van der Waals surface area contributed by atoms with Gasteiger partial charge in [0.1, 0.15) is 0 Å². The van der Waals surface area contributed by atoms with Crippen molar-refractivity contribution in [3.8, 4) is 0 Å². The molecule has 4 heteroatoms. The zero-order valence-corrected chi connectivity index (χ0v) is 17.1. The number of benzene rings is 2. The summed E-state index contributed by atoms with van der Waals surface area (Å²) in [4.78, 5) is 25.1. The van der Waals surface area contributed by atoms with Gasteiger partial charge in [0.2, 0.25) is 0 Å². The molecule has 4 rings (SSSR count). The Morgan fingerprint density at radius 1 is 1.17 bits per heavy atom. The largest absolute Gasteiger partial charge is 0.465 e. The average molecular weight is 392 g/mol. The van der Waals surface area contributed by atoms with Crippen molar-refractivity contribution in [2.45, 2.75) is 56.5 Å². The van der Waals surface area contributed by atoms with E-state index in [2.05, 4.69) is 12.1 Å². The summed E-state index contributed by atoms with van der Waals surface area (Å²) in [5, 5.41) is 11.0. The Balaban J connectivity index is 1.84. The molecule has 0 radical (unpaired) electrons. The number of hydrogen-bond donors (Lipinski definition) is 1. The minimum Gasteiger partial charge on any atom is -0.465 e. The van der Waals surface area contributed by atoms with Crippen LogP contribution in [0.25, 0.3) is 0 Å². The number of carbonyl (C=O) groups excluding carboxylic acids is 2. The quantitative estimate of drug-likeness (QED) is 0.779. The molecule has 3 atom stereocenters. The predicted octanol–water partition coefficient (Wildman–Crippen LogP) is 4.48. The number of methoxy groups -OCH3 is 1. The van der Waals surface area contributed by atoms with Crippen LogP contribution in [-0.2, 0) is 16.6 Å². The number of esters is 1. The monoisotopic (exact) mass is 392 g/mol. The van der Waals surface area contributed by atoms with Gasteiger partial charge in [0, 0.05) is 17.4 Å². The van der Waals surface area contributed by atoms with Crippen LogP contribution in [-0.4, -0.2) is 29.6 Å². The van der Waals surface area contributed by atoms with E-state index in [1.807, 2.05) is 31.2 Å². The molecule has 29 heavy (non-hydrogen) atoms. The number of carbonyl (C=O) groups is 2. The van der Waals surface area contributed by atoms with Crippen LogP contribution in [0.15, 0.2) is 48.5 Å². The zero-order valence-electron chi connectivity index (χ0n) is 17.1. The summed E-state index contributed by atoms with van der Waals surface area (Å²) in [6.07, 6.45) is 4.13. The third-order valence-corrected chi connectivity index (χ3v) is 7.17. The van der Waals surface area contributed by atoms with Gasteiger partial charge >= 0.3 is 5.97 Å². The predicted molar refractivity (Wildman–Crippen MR) is 111 cm³/mol. The van der Waals surface area contributed by atoms with Gasteiger partial charge in [-0.15, -0.1) is 0 Å². The molecule has 0 bridgehead atoms. The highest BCUT2D eigenvalue weighted by Crippen LogP contribution is 2.54. The second-order valence-electron chi connectivity index (χ2n) is 8.68. The van der Waals surface area contributed by atoms with Crippen molar-refractivity contribution in [1.29, 1.82) is 0 Å². The lowest BCUT2D eigenvalue weighted by Crippen LogP contribution is -2.52. The lowest BCUT2D eigenvalue weighted by atomic mass is 9.52. The van der Waals surface area contributed by atoms with Crippen LogP contribution in [0.4, 0.5) is 0 Å². The van der Waals surface area contributed by atoms with E-state index in [1.54, 1.807) is 12.1 Å². The van der Waals surface area contributed by atoms with E-state index < -0.39 is 11.6 Å². The molecule has 2 aliphatic rings.